The van der Waals surface area contributed by atoms with Crippen LogP contribution in [0.4, 0.5) is 4.39 Å². The van der Waals surface area contributed by atoms with Crippen molar-refractivity contribution in [2.75, 3.05) is 6.61 Å². The highest BCUT2D eigenvalue weighted by atomic mass is 19.1. The molecule has 2 heterocycles. The second kappa shape index (κ2) is 5.81. The quantitative estimate of drug-likeness (QED) is 0.636. The van der Waals surface area contributed by atoms with Crippen LogP contribution >= 0.6 is 0 Å². The lowest BCUT2D eigenvalue weighted by molar-refractivity contribution is 0.0526. The standard InChI is InChI=1S/C14H16FN3O2/c1-4-20-14(19)12-7-17-18(8-12)10(3)11-5-9(2)13(15)16-6-11/h5-8,10H,4H2,1-3H3. The van der Waals surface area contributed by atoms with Gasteiger partial charge in [0.25, 0.3) is 0 Å². The average molecular weight is 277 g/mol. The molecule has 0 amide bonds. The minimum absolute atomic E-state index is 0.148. The lowest BCUT2D eigenvalue weighted by Crippen LogP contribution is -2.09. The van der Waals surface area contributed by atoms with Crippen molar-refractivity contribution in [2.45, 2.75) is 26.8 Å². The molecule has 6 heteroatoms. The number of hydrogen-bond acceptors (Lipinski definition) is 4. The number of rotatable bonds is 4. The summed E-state index contributed by atoms with van der Waals surface area (Å²) in [6, 6.07) is 1.57. The second-order valence-electron chi connectivity index (χ2n) is 4.48. The molecule has 1 atom stereocenters. The van der Waals surface area contributed by atoms with Crippen molar-refractivity contribution in [1.29, 1.82) is 0 Å². The van der Waals surface area contributed by atoms with Crippen LogP contribution in [0.15, 0.2) is 24.7 Å². The number of aromatic nitrogens is 3. The highest BCUT2D eigenvalue weighted by Crippen LogP contribution is 2.19. The Kier molecular flexibility index (Phi) is 4.12. The van der Waals surface area contributed by atoms with Crippen LogP contribution in [0.2, 0.25) is 0 Å². The van der Waals surface area contributed by atoms with E-state index >= 15 is 0 Å². The van der Waals surface area contributed by atoms with Crippen molar-refractivity contribution in [3.05, 3.63) is 47.3 Å². The Morgan fingerprint density at radius 3 is 2.90 bits per heavy atom. The zero-order valence-electron chi connectivity index (χ0n) is 11.6. The molecule has 1 unspecified atom stereocenters. The van der Waals surface area contributed by atoms with Gasteiger partial charge in [-0.05, 0) is 32.4 Å². The van der Waals surface area contributed by atoms with Crippen LogP contribution in [0.5, 0.6) is 0 Å². The largest absolute Gasteiger partial charge is 0.462 e. The Hall–Kier alpha value is -2.24. The van der Waals surface area contributed by atoms with Gasteiger partial charge in [0.15, 0.2) is 0 Å². The second-order valence-corrected chi connectivity index (χ2v) is 4.48. The third-order valence-corrected chi connectivity index (χ3v) is 3.03. The Bertz CT molecular complexity index is 625. The maximum absolute atomic E-state index is 13.2. The SMILES string of the molecule is CCOC(=O)c1cnn(C(C)c2cnc(F)c(C)c2)c1. The van der Waals surface area contributed by atoms with Crippen LogP contribution in [-0.4, -0.2) is 27.3 Å². The van der Waals surface area contributed by atoms with E-state index in [1.54, 1.807) is 30.8 Å². The number of carbonyl (C=O) groups excluding carboxylic acids is 1. The number of aryl methyl sites for hydroxylation is 1. The third-order valence-electron chi connectivity index (χ3n) is 3.03. The molecule has 0 saturated heterocycles. The van der Waals surface area contributed by atoms with Crippen molar-refractivity contribution in [3.63, 3.8) is 0 Å². The van der Waals surface area contributed by atoms with Crippen LogP contribution in [-0.2, 0) is 4.74 Å². The van der Waals surface area contributed by atoms with Crippen molar-refractivity contribution >= 4 is 5.97 Å². The summed E-state index contributed by atoms with van der Waals surface area (Å²) in [6.45, 7) is 5.63. The summed E-state index contributed by atoms with van der Waals surface area (Å²) in [6.07, 6.45) is 4.54. The van der Waals surface area contributed by atoms with Gasteiger partial charge in [-0.2, -0.15) is 9.49 Å². The maximum Gasteiger partial charge on any atom is 0.341 e. The van der Waals surface area contributed by atoms with Gasteiger partial charge < -0.3 is 4.74 Å². The van der Waals surface area contributed by atoms with Crippen molar-refractivity contribution in [3.8, 4) is 0 Å². The molecule has 0 saturated carbocycles. The minimum Gasteiger partial charge on any atom is -0.462 e. The van der Waals surface area contributed by atoms with E-state index in [1.807, 2.05) is 6.92 Å². The summed E-state index contributed by atoms with van der Waals surface area (Å²) in [5.41, 5.74) is 1.69. The van der Waals surface area contributed by atoms with Gasteiger partial charge in [-0.25, -0.2) is 9.78 Å². The average Bonchev–Trinajstić information content (AvgIpc) is 2.91. The van der Waals surface area contributed by atoms with Crippen LogP contribution in [0.1, 0.15) is 41.4 Å². The molecule has 0 aliphatic heterocycles. The first kappa shape index (κ1) is 14.2. The number of halogens is 1. The Labute approximate surface area is 116 Å². The predicted octanol–water partition coefficient (Wildman–Crippen LogP) is 2.51. The molecule has 106 valence electrons. The van der Waals surface area contributed by atoms with E-state index in [4.69, 9.17) is 4.74 Å². The van der Waals surface area contributed by atoms with Gasteiger partial charge in [0.2, 0.25) is 5.95 Å². The van der Waals surface area contributed by atoms with E-state index in [0.717, 1.165) is 5.56 Å². The lowest BCUT2D eigenvalue weighted by Gasteiger charge is -2.12. The number of hydrogen-bond donors (Lipinski definition) is 0. The predicted molar refractivity (Wildman–Crippen MR) is 70.9 cm³/mol. The maximum atomic E-state index is 13.2. The molecule has 0 radical (unpaired) electrons. The van der Waals surface area contributed by atoms with Gasteiger partial charge in [0.05, 0.1) is 24.4 Å². The number of pyridine rings is 1. The summed E-state index contributed by atoms with van der Waals surface area (Å²) in [4.78, 5) is 15.3. The third kappa shape index (κ3) is 2.84. The molecule has 2 rings (SSSR count). The molecule has 0 aliphatic carbocycles. The summed E-state index contributed by atoms with van der Waals surface area (Å²) in [7, 11) is 0. The molecule has 0 N–H and O–H groups in total. The smallest absolute Gasteiger partial charge is 0.341 e. The van der Waals surface area contributed by atoms with Gasteiger partial charge in [0.1, 0.15) is 0 Å². The first-order valence-corrected chi connectivity index (χ1v) is 6.36. The Balaban J connectivity index is 2.22. The molecule has 0 aliphatic rings. The van der Waals surface area contributed by atoms with Crippen molar-refractivity contribution < 1.29 is 13.9 Å². The fraction of sp³-hybridized carbons (Fsp3) is 0.357. The van der Waals surface area contributed by atoms with E-state index in [1.165, 1.54) is 12.4 Å². The first-order valence-electron chi connectivity index (χ1n) is 6.36. The highest BCUT2D eigenvalue weighted by Gasteiger charge is 2.15. The van der Waals surface area contributed by atoms with E-state index in [0.29, 0.717) is 17.7 Å². The monoisotopic (exact) mass is 277 g/mol. The van der Waals surface area contributed by atoms with Gasteiger partial charge in [-0.15, -0.1) is 0 Å². The molecule has 0 bridgehead atoms. The van der Waals surface area contributed by atoms with Gasteiger partial charge in [0, 0.05) is 18.0 Å². The van der Waals surface area contributed by atoms with Crippen LogP contribution in [0.25, 0.3) is 0 Å². The van der Waals surface area contributed by atoms with Crippen molar-refractivity contribution in [1.82, 2.24) is 14.8 Å². The number of carbonyl (C=O) groups is 1. The zero-order chi connectivity index (χ0) is 14.7. The number of ether oxygens (including phenoxy) is 1. The zero-order valence-corrected chi connectivity index (χ0v) is 11.6. The first-order chi connectivity index (χ1) is 9.52. The van der Waals surface area contributed by atoms with Gasteiger partial charge >= 0.3 is 5.97 Å². The molecule has 20 heavy (non-hydrogen) atoms. The summed E-state index contributed by atoms with van der Waals surface area (Å²) >= 11 is 0. The highest BCUT2D eigenvalue weighted by molar-refractivity contribution is 5.88. The molecule has 0 fully saturated rings. The van der Waals surface area contributed by atoms with E-state index < -0.39 is 11.9 Å². The molecular weight excluding hydrogens is 261 g/mol. The Morgan fingerprint density at radius 2 is 2.25 bits per heavy atom. The molecule has 0 aromatic carbocycles. The fourth-order valence-electron chi connectivity index (χ4n) is 1.83. The summed E-state index contributed by atoms with van der Waals surface area (Å²) in [5.74, 6) is -0.881. The minimum atomic E-state index is -0.478. The van der Waals surface area contributed by atoms with Crippen LogP contribution in [0.3, 0.4) is 0 Å². The molecule has 2 aromatic rings. The topological polar surface area (TPSA) is 57.0 Å². The molecule has 2 aromatic heterocycles. The fourth-order valence-corrected chi connectivity index (χ4v) is 1.83. The molecule has 5 nitrogen and oxygen atoms in total. The van der Waals surface area contributed by atoms with Gasteiger partial charge in [-0.3, -0.25) is 4.68 Å². The van der Waals surface area contributed by atoms with Crippen LogP contribution < -0.4 is 0 Å². The van der Waals surface area contributed by atoms with E-state index in [2.05, 4.69) is 10.1 Å². The number of esters is 1. The van der Waals surface area contributed by atoms with Crippen molar-refractivity contribution in [2.24, 2.45) is 0 Å². The van der Waals surface area contributed by atoms with Crippen LogP contribution in [0, 0.1) is 12.9 Å². The summed E-state index contributed by atoms with van der Waals surface area (Å²) < 4.78 is 19.7. The Morgan fingerprint density at radius 1 is 1.50 bits per heavy atom. The van der Waals surface area contributed by atoms with E-state index in [-0.39, 0.29) is 6.04 Å². The normalized spacial score (nSPS) is 12.2. The molecular formula is C14H16FN3O2. The van der Waals surface area contributed by atoms with Gasteiger partial charge in [-0.1, -0.05) is 0 Å². The lowest BCUT2D eigenvalue weighted by atomic mass is 10.1. The molecule has 0 spiro atoms. The number of nitrogens with zero attached hydrogens (tertiary/aromatic N) is 3. The van der Waals surface area contributed by atoms with E-state index in [9.17, 15) is 9.18 Å². The summed E-state index contributed by atoms with van der Waals surface area (Å²) in [5, 5.41) is 4.14.